The second-order valence-corrected chi connectivity index (χ2v) is 6.26. The number of para-hydroxylation sites is 1. The molecule has 28 heavy (non-hydrogen) atoms. The highest BCUT2D eigenvalue weighted by Crippen LogP contribution is 2.21. The highest BCUT2D eigenvalue weighted by molar-refractivity contribution is 5.91. The summed E-state index contributed by atoms with van der Waals surface area (Å²) in [5.74, 6) is -2.12. The number of amides is 2. The highest BCUT2D eigenvalue weighted by Gasteiger charge is 2.41. The molecule has 2 aromatic rings. The van der Waals surface area contributed by atoms with E-state index in [1.165, 1.54) is 6.92 Å². The molecule has 8 heteroatoms. The number of halogens is 3. The van der Waals surface area contributed by atoms with Crippen molar-refractivity contribution in [2.75, 3.05) is 17.6 Å². The van der Waals surface area contributed by atoms with Crippen LogP contribution in [0.25, 0.3) is 0 Å². The fourth-order valence-electron chi connectivity index (χ4n) is 2.71. The number of nitrogens with one attached hydrogen (secondary N) is 1. The van der Waals surface area contributed by atoms with E-state index in [4.69, 9.17) is 5.73 Å². The lowest BCUT2D eigenvalue weighted by atomic mass is 10.1. The highest BCUT2D eigenvalue weighted by atomic mass is 19.4. The van der Waals surface area contributed by atoms with E-state index in [0.29, 0.717) is 28.3 Å². The molecule has 0 aliphatic heterocycles. The van der Waals surface area contributed by atoms with Gasteiger partial charge in [-0.1, -0.05) is 30.3 Å². The first-order valence-electron chi connectivity index (χ1n) is 8.79. The number of hydrogen-bond acceptors (Lipinski definition) is 3. The second kappa shape index (κ2) is 9.25. The lowest BCUT2D eigenvalue weighted by Gasteiger charge is -2.22. The number of aryl methyl sites for hydroxylation is 1. The number of rotatable bonds is 7. The van der Waals surface area contributed by atoms with E-state index in [1.807, 2.05) is 18.2 Å². The van der Waals surface area contributed by atoms with Gasteiger partial charge >= 0.3 is 12.1 Å². The van der Waals surface area contributed by atoms with Crippen LogP contribution in [0.4, 0.5) is 24.5 Å². The Hall–Kier alpha value is -3.03. The summed E-state index contributed by atoms with van der Waals surface area (Å²) in [6, 6.07) is 13.7. The lowest BCUT2D eigenvalue weighted by Crippen LogP contribution is -2.40. The summed E-state index contributed by atoms with van der Waals surface area (Å²) in [4.78, 5) is 24.3. The molecular weight excluding hydrogens is 371 g/mol. The van der Waals surface area contributed by atoms with Crippen LogP contribution >= 0.6 is 0 Å². The zero-order valence-corrected chi connectivity index (χ0v) is 15.4. The molecule has 0 unspecified atom stereocenters. The Morgan fingerprint density at radius 3 is 2.46 bits per heavy atom. The van der Waals surface area contributed by atoms with E-state index in [1.54, 1.807) is 30.3 Å². The van der Waals surface area contributed by atoms with Crippen molar-refractivity contribution in [2.45, 2.75) is 32.5 Å². The van der Waals surface area contributed by atoms with E-state index in [2.05, 4.69) is 5.32 Å². The van der Waals surface area contributed by atoms with Crippen molar-refractivity contribution in [3.8, 4) is 0 Å². The standard InChI is InChI=1S/C20H22F3N3O2/c1-2-26(19(28)20(21,22)23)13-14-6-5-8-16(12-14)25-18(27)11-10-15-7-3-4-9-17(15)24/h3-9,12H,2,10-11,13,24H2,1H3,(H,25,27). The smallest absolute Gasteiger partial charge is 0.399 e. The van der Waals surface area contributed by atoms with Crippen molar-refractivity contribution >= 4 is 23.2 Å². The number of hydrogen-bond donors (Lipinski definition) is 2. The van der Waals surface area contributed by atoms with Gasteiger partial charge in [-0.2, -0.15) is 13.2 Å². The third kappa shape index (κ3) is 6.00. The predicted molar refractivity (Wildman–Crippen MR) is 101 cm³/mol. The zero-order chi connectivity index (χ0) is 20.7. The van der Waals surface area contributed by atoms with Crippen molar-refractivity contribution in [3.63, 3.8) is 0 Å². The molecule has 0 fully saturated rings. The third-order valence-electron chi connectivity index (χ3n) is 4.17. The Kier molecular flexibility index (Phi) is 7.03. The monoisotopic (exact) mass is 393 g/mol. The molecule has 0 aliphatic carbocycles. The summed E-state index contributed by atoms with van der Waals surface area (Å²) >= 11 is 0. The zero-order valence-electron chi connectivity index (χ0n) is 15.4. The SMILES string of the molecule is CCN(Cc1cccc(NC(=O)CCc2ccccc2N)c1)C(=O)C(F)(F)F. The Morgan fingerprint density at radius 1 is 1.11 bits per heavy atom. The van der Waals surface area contributed by atoms with Crippen molar-refractivity contribution < 1.29 is 22.8 Å². The number of alkyl halides is 3. The molecule has 0 aromatic heterocycles. The number of carbonyl (C=O) groups is 2. The average molecular weight is 393 g/mol. The summed E-state index contributed by atoms with van der Waals surface area (Å²) < 4.78 is 37.9. The van der Waals surface area contributed by atoms with E-state index in [0.717, 1.165) is 5.56 Å². The summed E-state index contributed by atoms with van der Waals surface area (Å²) in [5.41, 5.74) is 8.29. The summed E-state index contributed by atoms with van der Waals surface area (Å²) in [6.45, 7) is 1.21. The first kappa shape index (κ1) is 21.3. The van der Waals surface area contributed by atoms with Crippen LogP contribution in [0.1, 0.15) is 24.5 Å². The topological polar surface area (TPSA) is 75.4 Å². The molecule has 0 atom stereocenters. The second-order valence-electron chi connectivity index (χ2n) is 6.26. The van der Waals surface area contributed by atoms with Crippen LogP contribution in [0.3, 0.4) is 0 Å². The van der Waals surface area contributed by atoms with Gasteiger partial charge in [0, 0.05) is 30.9 Å². The van der Waals surface area contributed by atoms with Crippen LogP contribution in [0.2, 0.25) is 0 Å². The number of nitrogens with zero attached hydrogens (tertiary/aromatic N) is 1. The molecule has 0 aliphatic rings. The van der Waals surface area contributed by atoms with Gasteiger partial charge in [0.2, 0.25) is 5.91 Å². The van der Waals surface area contributed by atoms with Gasteiger partial charge in [-0.15, -0.1) is 0 Å². The van der Waals surface area contributed by atoms with Crippen LogP contribution in [0, 0.1) is 0 Å². The van der Waals surface area contributed by atoms with Crippen LogP contribution in [-0.4, -0.2) is 29.4 Å². The minimum Gasteiger partial charge on any atom is -0.399 e. The normalized spacial score (nSPS) is 11.1. The maximum Gasteiger partial charge on any atom is 0.471 e. The van der Waals surface area contributed by atoms with Crippen LogP contribution in [0.15, 0.2) is 48.5 Å². The quantitative estimate of drug-likeness (QED) is 0.704. The van der Waals surface area contributed by atoms with Crippen molar-refractivity contribution in [1.29, 1.82) is 0 Å². The molecule has 2 rings (SSSR count). The number of carbonyl (C=O) groups excluding carboxylic acids is 2. The van der Waals surface area contributed by atoms with Crippen LogP contribution < -0.4 is 11.1 Å². The van der Waals surface area contributed by atoms with Crippen LogP contribution in [-0.2, 0) is 22.6 Å². The molecule has 0 saturated carbocycles. The van der Waals surface area contributed by atoms with Gasteiger partial charge in [-0.3, -0.25) is 9.59 Å². The third-order valence-corrected chi connectivity index (χ3v) is 4.17. The molecule has 5 nitrogen and oxygen atoms in total. The predicted octanol–water partition coefficient (Wildman–Crippen LogP) is 3.75. The molecule has 0 saturated heterocycles. The van der Waals surface area contributed by atoms with Gasteiger partial charge in [0.15, 0.2) is 0 Å². The van der Waals surface area contributed by atoms with E-state index < -0.39 is 12.1 Å². The Bertz CT molecular complexity index is 837. The summed E-state index contributed by atoms with van der Waals surface area (Å²) in [7, 11) is 0. The van der Waals surface area contributed by atoms with Crippen LogP contribution in [0.5, 0.6) is 0 Å². The molecular formula is C20H22F3N3O2. The number of benzene rings is 2. The van der Waals surface area contributed by atoms with Gasteiger partial charge in [0.1, 0.15) is 0 Å². The number of nitrogen functional groups attached to an aromatic ring is 1. The van der Waals surface area contributed by atoms with E-state index in [-0.39, 0.29) is 25.4 Å². The van der Waals surface area contributed by atoms with Crippen molar-refractivity contribution in [2.24, 2.45) is 0 Å². The first-order chi connectivity index (χ1) is 13.2. The summed E-state index contributed by atoms with van der Waals surface area (Å²) in [6.07, 6.45) is -4.23. The molecule has 0 heterocycles. The molecule has 3 N–H and O–H groups in total. The minimum absolute atomic E-state index is 0.0760. The number of nitrogens with two attached hydrogens (primary N) is 1. The average Bonchev–Trinajstić information content (AvgIpc) is 2.64. The minimum atomic E-state index is -4.92. The Morgan fingerprint density at radius 2 is 1.82 bits per heavy atom. The van der Waals surface area contributed by atoms with Gasteiger partial charge in [-0.05, 0) is 42.7 Å². The molecule has 0 radical (unpaired) electrons. The molecule has 0 spiro atoms. The van der Waals surface area contributed by atoms with Gasteiger partial charge in [0.25, 0.3) is 0 Å². The first-order valence-corrected chi connectivity index (χ1v) is 8.79. The van der Waals surface area contributed by atoms with Gasteiger partial charge in [0.05, 0.1) is 0 Å². The lowest BCUT2D eigenvalue weighted by molar-refractivity contribution is -0.185. The van der Waals surface area contributed by atoms with E-state index >= 15 is 0 Å². The maximum absolute atomic E-state index is 12.6. The Labute approximate surface area is 161 Å². The van der Waals surface area contributed by atoms with Crippen molar-refractivity contribution in [3.05, 3.63) is 59.7 Å². The number of anilines is 2. The van der Waals surface area contributed by atoms with Gasteiger partial charge < -0.3 is 16.0 Å². The molecule has 150 valence electrons. The molecule has 0 bridgehead atoms. The molecule has 2 amide bonds. The van der Waals surface area contributed by atoms with E-state index in [9.17, 15) is 22.8 Å². The Balaban J connectivity index is 1.97. The fraction of sp³-hybridized carbons (Fsp3) is 0.300. The van der Waals surface area contributed by atoms with Crippen molar-refractivity contribution in [1.82, 2.24) is 4.90 Å². The summed E-state index contributed by atoms with van der Waals surface area (Å²) in [5, 5.41) is 2.72. The maximum atomic E-state index is 12.6. The van der Waals surface area contributed by atoms with Gasteiger partial charge in [-0.25, -0.2) is 0 Å². The molecule has 2 aromatic carbocycles. The fourth-order valence-corrected chi connectivity index (χ4v) is 2.71. The largest absolute Gasteiger partial charge is 0.471 e.